The molecule has 2 aromatic carbocycles. The van der Waals surface area contributed by atoms with Gasteiger partial charge in [-0.15, -0.1) is 0 Å². The van der Waals surface area contributed by atoms with Gasteiger partial charge in [0.15, 0.2) is 11.5 Å². The van der Waals surface area contributed by atoms with Gasteiger partial charge in [0, 0.05) is 35.5 Å². The van der Waals surface area contributed by atoms with Crippen LogP contribution in [0.3, 0.4) is 0 Å². The number of aromatic hydroxyl groups is 1. The fourth-order valence-corrected chi connectivity index (χ4v) is 4.19. The number of halogens is 1. The van der Waals surface area contributed by atoms with E-state index < -0.39 is 17.7 Å². The van der Waals surface area contributed by atoms with E-state index in [2.05, 4.69) is 20.9 Å². The molecular formula is C24H22BrN3O5. The summed E-state index contributed by atoms with van der Waals surface area (Å²) >= 11 is 3.35. The molecule has 33 heavy (non-hydrogen) atoms. The maximum Gasteiger partial charge on any atom is 0.295 e. The molecule has 2 heterocycles. The minimum absolute atomic E-state index is 0.00213. The molecule has 170 valence electrons. The van der Waals surface area contributed by atoms with Crippen LogP contribution in [0.1, 0.15) is 23.6 Å². The highest BCUT2D eigenvalue weighted by Gasteiger charge is 2.46. The molecule has 0 radical (unpaired) electrons. The minimum Gasteiger partial charge on any atom is -0.507 e. The van der Waals surface area contributed by atoms with Gasteiger partial charge in [-0.05, 0) is 36.2 Å². The highest BCUT2D eigenvalue weighted by atomic mass is 79.9. The molecule has 3 aromatic rings. The number of Topliss-reactive ketones (excluding diaryl/α,β-unsaturated/α-hetero) is 1. The van der Waals surface area contributed by atoms with E-state index in [9.17, 15) is 19.8 Å². The molecule has 1 amide bonds. The molecule has 0 spiro atoms. The van der Waals surface area contributed by atoms with Crippen molar-refractivity contribution in [3.8, 4) is 11.5 Å². The van der Waals surface area contributed by atoms with Crippen molar-refractivity contribution in [2.45, 2.75) is 19.0 Å². The van der Waals surface area contributed by atoms with Gasteiger partial charge in [0.1, 0.15) is 5.76 Å². The van der Waals surface area contributed by atoms with Crippen LogP contribution in [-0.2, 0) is 16.1 Å². The fraction of sp³-hybridized carbons (Fsp3) is 0.208. The van der Waals surface area contributed by atoms with E-state index in [0.29, 0.717) is 24.1 Å². The minimum atomic E-state index is -0.828. The summed E-state index contributed by atoms with van der Waals surface area (Å²) in [5.74, 6) is -1.55. The van der Waals surface area contributed by atoms with Gasteiger partial charge in [0.2, 0.25) is 0 Å². The number of aromatic nitrogens is 2. The number of aliphatic hydroxyl groups excluding tert-OH is 1. The molecule has 4 rings (SSSR count). The van der Waals surface area contributed by atoms with Crippen molar-refractivity contribution < 1.29 is 24.5 Å². The fourth-order valence-electron chi connectivity index (χ4n) is 3.93. The third-order valence-electron chi connectivity index (χ3n) is 5.55. The predicted molar refractivity (Wildman–Crippen MR) is 125 cm³/mol. The summed E-state index contributed by atoms with van der Waals surface area (Å²) in [5, 5.41) is 21.1. The Morgan fingerprint density at radius 3 is 2.58 bits per heavy atom. The quantitative estimate of drug-likeness (QED) is 0.283. The van der Waals surface area contributed by atoms with Crippen LogP contribution >= 0.6 is 15.9 Å². The Morgan fingerprint density at radius 1 is 1.15 bits per heavy atom. The monoisotopic (exact) mass is 511 g/mol. The lowest BCUT2D eigenvalue weighted by atomic mass is 9.95. The molecule has 1 aliphatic heterocycles. The summed E-state index contributed by atoms with van der Waals surface area (Å²) in [6.07, 6.45) is 5.76. The maximum absolute atomic E-state index is 13.1. The molecule has 1 atom stereocenters. The van der Waals surface area contributed by atoms with E-state index in [1.807, 2.05) is 10.8 Å². The maximum atomic E-state index is 13.1. The number of methoxy groups -OCH3 is 1. The van der Waals surface area contributed by atoms with Crippen molar-refractivity contribution in [3.05, 3.63) is 82.4 Å². The Labute approximate surface area is 198 Å². The number of hydrogen-bond donors (Lipinski definition) is 2. The number of ketones is 1. The number of carbonyl (C=O) groups excluding carboxylic acids is 2. The van der Waals surface area contributed by atoms with Crippen molar-refractivity contribution in [2.24, 2.45) is 0 Å². The van der Waals surface area contributed by atoms with Crippen molar-refractivity contribution in [2.75, 3.05) is 13.7 Å². The Kier molecular flexibility index (Phi) is 6.50. The Hall–Kier alpha value is -3.59. The highest BCUT2D eigenvalue weighted by molar-refractivity contribution is 9.10. The van der Waals surface area contributed by atoms with Gasteiger partial charge in [-0.25, -0.2) is 4.98 Å². The summed E-state index contributed by atoms with van der Waals surface area (Å²) in [5.41, 5.74) is 0.966. The van der Waals surface area contributed by atoms with Crippen LogP contribution in [0.25, 0.3) is 5.76 Å². The molecule has 1 saturated heterocycles. The Balaban J connectivity index is 1.76. The second kappa shape index (κ2) is 9.50. The van der Waals surface area contributed by atoms with Gasteiger partial charge in [0.25, 0.3) is 11.7 Å². The molecule has 1 fully saturated rings. The number of hydrogen-bond acceptors (Lipinski definition) is 6. The summed E-state index contributed by atoms with van der Waals surface area (Å²) in [7, 11) is 1.42. The summed E-state index contributed by atoms with van der Waals surface area (Å²) in [6, 6.07) is 10.6. The number of phenols is 1. The van der Waals surface area contributed by atoms with Crippen molar-refractivity contribution in [1.82, 2.24) is 14.5 Å². The average Bonchev–Trinajstić information content (AvgIpc) is 3.42. The first-order valence-corrected chi connectivity index (χ1v) is 11.1. The molecule has 2 N–H and O–H groups in total. The molecule has 1 aliphatic rings. The van der Waals surface area contributed by atoms with Crippen LogP contribution in [0.2, 0.25) is 0 Å². The number of rotatable bonds is 7. The van der Waals surface area contributed by atoms with Crippen LogP contribution in [0.4, 0.5) is 0 Å². The molecule has 0 bridgehead atoms. The van der Waals surface area contributed by atoms with Crippen molar-refractivity contribution >= 4 is 33.4 Å². The lowest BCUT2D eigenvalue weighted by Crippen LogP contribution is -2.31. The average molecular weight is 512 g/mol. The van der Waals surface area contributed by atoms with Crippen LogP contribution in [-0.4, -0.2) is 50.0 Å². The first-order chi connectivity index (χ1) is 15.9. The van der Waals surface area contributed by atoms with Gasteiger partial charge in [-0.3, -0.25) is 9.59 Å². The largest absolute Gasteiger partial charge is 0.507 e. The van der Waals surface area contributed by atoms with Crippen LogP contribution in [0.15, 0.2) is 71.2 Å². The van der Waals surface area contributed by atoms with Gasteiger partial charge < -0.3 is 24.4 Å². The molecule has 0 saturated carbocycles. The third-order valence-corrected chi connectivity index (χ3v) is 6.08. The lowest BCUT2D eigenvalue weighted by molar-refractivity contribution is -0.139. The van der Waals surface area contributed by atoms with Crippen LogP contribution in [0.5, 0.6) is 11.5 Å². The normalized spacial score (nSPS) is 17.5. The lowest BCUT2D eigenvalue weighted by Gasteiger charge is -2.26. The van der Waals surface area contributed by atoms with E-state index in [-0.39, 0.29) is 29.4 Å². The number of nitrogens with zero attached hydrogens (tertiary/aromatic N) is 3. The molecule has 0 aliphatic carbocycles. The topological polar surface area (TPSA) is 105 Å². The number of imidazole rings is 1. The second-order valence-corrected chi connectivity index (χ2v) is 8.50. The van der Waals surface area contributed by atoms with E-state index in [4.69, 9.17) is 4.74 Å². The molecule has 8 nitrogen and oxygen atoms in total. The van der Waals surface area contributed by atoms with Gasteiger partial charge in [-0.2, -0.15) is 0 Å². The number of ether oxygens (including phenoxy) is 1. The summed E-state index contributed by atoms with van der Waals surface area (Å²) < 4.78 is 7.93. The zero-order valence-electron chi connectivity index (χ0n) is 17.8. The Morgan fingerprint density at radius 2 is 1.91 bits per heavy atom. The van der Waals surface area contributed by atoms with E-state index in [0.717, 1.165) is 4.47 Å². The number of aryl methyl sites for hydroxylation is 1. The number of benzene rings is 2. The van der Waals surface area contributed by atoms with Gasteiger partial charge in [0.05, 0.1) is 25.1 Å². The first-order valence-electron chi connectivity index (χ1n) is 10.3. The SMILES string of the molecule is COc1cc(C2C(=C(O)c3ccc(Br)cc3)C(=O)C(=O)N2CCCn2ccnc2)ccc1O. The third kappa shape index (κ3) is 4.49. The van der Waals surface area contributed by atoms with Gasteiger partial charge in [-0.1, -0.05) is 34.1 Å². The number of amides is 1. The number of aliphatic hydroxyl groups is 1. The van der Waals surface area contributed by atoms with E-state index in [1.165, 1.54) is 18.1 Å². The van der Waals surface area contributed by atoms with Crippen LogP contribution < -0.4 is 4.74 Å². The van der Waals surface area contributed by atoms with Crippen LogP contribution in [0, 0.1) is 0 Å². The molecule has 1 unspecified atom stereocenters. The number of carbonyl (C=O) groups is 2. The molecular weight excluding hydrogens is 490 g/mol. The second-order valence-electron chi connectivity index (χ2n) is 7.58. The zero-order valence-corrected chi connectivity index (χ0v) is 19.4. The van der Waals surface area contributed by atoms with Gasteiger partial charge >= 0.3 is 0 Å². The Bertz CT molecular complexity index is 1210. The number of likely N-dealkylation sites (tertiary alicyclic amines) is 1. The van der Waals surface area contributed by atoms with Crippen molar-refractivity contribution in [3.63, 3.8) is 0 Å². The van der Waals surface area contributed by atoms with E-state index >= 15 is 0 Å². The number of phenolic OH excluding ortho intramolecular Hbond substituents is 1. The van der Waals surface area contributed by atoms with E-state index in [1.54, 1.807) is 48.9 Å². The highest BCUT2D eigenvalue weighted by Crippen LogP contribution is 2.41. The zero-order chi connectivity index (χ0) is 23.5. The smallest absolute Gasteiger partial charge is 0.295 e. The van der Waals surface area contributed by atoms with Crippen molar-refractivity contribution in [1.29, 1.82) is 0 Å². The summed E-state index contributed by atoms with van der Waals surface area (Å²) in [4.78, 5) is 31.6. The first kappa shape index (κ1) is 22.6. The summed E-state index contributed by atoms with van der Waals surface area (Å²) in [6.45, 7) is 0.898. The molecule has 1 aromatic heterocycles. The standard InChI is InChI=1S/C24H22BrN3O5/c1-33-19-13-16(5-8-18(19)29)21-20(22(30)15-3-6-17(25)7-4-15)23(31)24(32)28(21)11-2-10-27-12-9-26-14-27/h3-9,12-14,21,29-30H,2,10-11H2,1H3. The predicted octanol–water partition coefficient (Wildman–Crippen LogP) is 3.87. The molecule has 9 heteroatoms.